The Kier molecular flexibility index (Phi) is 2.52. The Labute approximate surface area is 94.5 Å². The van der Waals surface area contributed by atoms with Crippen LogP contribution in [-0.2, 0) is 0 Å². The van der Waals surface area contributed by atoms with Gasteiger partial charge in [-0.15, -0.1) is 0 Å². The van der Waals surface area contributed by atoms with Crippen molar-refractivity contribution < 1.29 is 0 Å². The second-order valence-corrected chi connectivity index (χ2v) is 4.83. The fourth-order valence-electron chi connectivity index (χ4n) is 2.49. The molecule has 2 fully saturated rings. The van der Waals surface area contributed by atoms with E-state index < -0.39 is 0 Å². The maximum absolute atomic E-state index is 11.6. The number of rotatable bonds is 2. The third-order valence-electron chi connectivity index (χ3n) is 3.69. The molecule has 0 spiro atoms. The zero-order chi connectivity index (χ0) is 11.0. The van der Waals surface area contributed by atoms with E-state index in [1.54, 1.807) is 6.07 Å². The number of nitrogens with one attached hydrogen (secondary N) is 2. The van der Waals surface area contributed by atoms with Crippen LogP contribution in [0.15, 0.2) is 10.9 Å². The predicted octanol–water partition coefficient (Wildman–Crippen LogP) is 1.46. The van der Waals surface area contributed by atoms with Crippen LogP contribution in [0.5, 0.6) is 0 Å². The summed E-state index contributed by atoms with van der Waals surface area (Å²) < 4.78 is 0. The molecule has 1 aliphatic carbocycles. The average Bonchev–Trinajstić information content (AvgIpc) is 2.66. The molecule has 2 aliphatic rings. The van der Waals surface area contributed by atoms with E-state index >= 15 is 0 Å². The first-order valence-corrected chi connectivity index (χ1v) is 6.17. The highest BCUT2D eigenvalue weighted by molar-refractivity contribution is 5.13. The van der Waals surface area contributed by atoms with E-state index in [9.17, 15) is 4.79 Å². The summed E-state index contributed by atoms with van der Waals surface area (Å²) in [5.41, 5.74) is 0.999. The summed E-state index contributed by atoms with van der Waals surface area (Å²) in [7, 11) is 0. The normalized spacial score (nSPS) is 25.6. The minimum absolute atomic E-state index is 0.000556. The van der Waals surface area contributed by atoms with E-state index in [1.807, 2.05) is 0 Å². The van der Waals surface area contributed by atoms with Crippen molar-refractivity contribution in [2.45, 2.75) is 44.1 Å². The summed E-state index contributed by atoms with van der Waals surface area (Å²) in [6, 6.07) is 1.93. The van der Waals surface area contributed by atoms with Gasteiger partial charge < -0.3 is 10.3 Å². The first-order valence-electron chi connectivity index (χ1n) is 6.17. The van der Waals surface area contributed by atoms with Gasteiger partial charge >= 0.3 is 0 Å². The van der Waals surface area contributed by atoms with Crippen LogP contribution >= 0.6 is 0 Å². The summed E-state index contributed by atoms with van der Waals surface area (Å²) >= 11 is 0. The average molecular weight is 219 g/mol. The molecule has 1 aromatic heterocycles. The van der Waals surface area contributed by atoms with Crippen LogP contribution in [0.1, 0.15) is 55.6 Å². The van der Waals surface area contributed by atoms with Gasteiger partial charge in [-0.05, 0) is 32.2 Å². The molecular formula is C12H17N3O. The summed E-state index contributed by atoms with van der Waals surface area (Å²) in [5, 5.41) is 3.37. The van der Waals surface area contributed by atoms with Gasteiger partial charge in [0.05, 0.1) is 11.7 Å². The summed E-state index contributed by atoms with van der Waals surface area (Å²) in [6.45, 7) is 1.03. The topological polar surface area (TPSA) is 57.8 Å². The molecule has 1 saturated carbocycles. The lowest BCUT2D eigenvalue weighted by atomic mass is 9.83. The highest BCUT2D eigenvalue weighted by Crippen LogP contribution is 2.35. The molecule has 3 rings (SSSR count). The molecule has 1 atom stereocenters. The van der Waals surface area contributed by atoms with Gasteiger partial charge in [-0.3, -0.25) is 4.79 Å². The molecule has 0 radical (unpaired) electrons. The quantitative estimate of drug-likeness (QED) is 0.791. The van der Waals surface area contributed by atoms with Crippen molar-refractivity contribution in [2.24, 2.45) is 0 Å². The lowest BCUT2D eigenvalue weighted by Gasteiger charge is -2.25. The van der Waals surface area contributed by atoms with E-state index in [4.69, 9.17) is 0 Å². The third kappa shape index (κ3) is 1.78. The molecule has 0 bridgehead atoms. The lowest BCUT2D eigenvalue weighted by molar-refractivity contribution is 0.407. The van der Waals surface area contributed by atoms with Crippen LogP contribution in [0.2, 0.25) is 0 Å². The molecule has 4 heteroatoms. The molecule has 4 nitrogen and oxygen atoms in total. The summed E-state index contributed by atoms with van der Waals surface area (Å²) in [6.07, 6.45) is 5.90. The van der Waals surface area contributed by atoms with Crippen LogP contribution in [0.3, 0.4) is 0 Å². The number of aromatic amines is 1. The Morgan fingerprint density at radius 1 is 1.25 bits per heavy atom. The van der Waals surface area contributed by atoms with Crippen LogP contribution < -0.4 is 10.9 Å². The summed E-state index contributed by atoms with van der Waals surface area (Å²) in [4.78, 5) is 19.1. The molecule has 0 aromatic carbocycles. The molecule has 2 N–H and O–H groups in total. The largest absolute Gasteiger partial charge is 0.309 e. The SMILES string of the molecule is O=c1cc(C2CCC2)nc(C2CCCN2)[nH]1. The van der Waals surface area contributed by atoms with Crippen molar-refractivity contribution in [3.63, 3.8) is 0 Å². The molecule has 86 valence electrons. The van der Waals surface area contributed by atoms with Gasteiger partial charge in [0.1, 0.15) is 5.82 Å². The fourth-order valence-corrected chi connectivity index (χ4v) is 2.49. The Morgan fingerprint density at radius 2 is 2.12 bits per heavy atom. The number of nitrogens with zero attached hydrogens (tertiary/aromatic N) is 1. The molecule has 1 saturated heterocycles. The Hall–Kier alpha value is -1.16. The number of aromatic nitrogens is 2. The van der Waals surface area contributed by atoms with Crippen LogP contribution in [0.25, 0.3) is 0 Å². The van der Waals surface area contributed by atoms with Crippen LogP contribution in [0.4, 0.5) is 0 Å². The van der Waals surface area contributed by atoms with Crippen molar-refractivity contribution >= 4 is 0 Å². The van der Waals surface area contributed by atoms with E-state index in [0.717, 1.165) is 24.5 Å². The number of H-pyrrole nitrogens is 1. The van der Waals surface area contributed by atoms with E-state index in [-0.39, 0.29) is 11.6 Å². The van der Waals surface area contributed by atoms with Crippen molar-refractivity contribution in [3.8, 4) is 0 Å². The van der Waals surface area contributed by atoms with Gasteiger partial charge in [0.2, 0.25) is 0 Å². The number of hydrogen-bond acceptors (Lipinski definition) is 3. The van der Waals surface area contributed by atoms with Crippen molar-refractivity contribution in [3.05, 3.63) is 27.9 Å². The second-order valence-electron chi connectivity index (χ2n) is 4.83. The van der Waals surface area contributed by atoms with Gasteiger partial charge in [-0.1, -0.05) is 6.42 Å². The van der Waals surface area contributed by atoms with Crippen molar-refractivity contribution in [1.29, 1.82) is 0 Å². The predicted molar refractivity (Wildman–Crippen MR) is 61.4 cm³/mol. The maximum Gasteiger partial charge on any atom is 0.251 e. The molecule has 16 heavy (non-hydrogen) atoms. The first-order chi connectivity index (χ1) is 7.83. The smallest absolute Gasteiger partial charge is 0.251 e. The highest BCUT2D eigenvalue weighted by Gasteiger charge is 2.24. The zero-order valence-electron chi connectivity index (χ0n) is 9.33. The molecule has 1 unspecified atom stereocenters. The zero-order valence-corrected chi connectivity index (χ0v) is 9.33. The first kappa shape index (κ1) is 10.0. The standard InChI is InChI=1S/C12H17N3O/c16-11-7-10(8-3-1-4-8)14-12(15-11)9-5-2-6-13-9/h7-9,13H,1-6H2,(H,14,15,16). The lowest BCUT2D eigenvalue weighted by Crippen LogP contribution is -2.23. The van der Waals surface area contributed by atoms with Gasteiger partial charge in [-0.25, -0.2) is 4.98 Å². The fraction of sp³-hybridized carbons (Fsp3) is 0.667. The molecule has 1 aromatic rings. The minimum Gasteiger partial charge on any atom is -0.309 e. The maximum atomic E-state index is 11.6. The van der Waals surface area contributed by atoms with Crippen LogP contribution in [-0.4, -0.2) is 16.5 Å². The molecule has 0 amide bonds. The van der Waals surface area contributed by atoms with E-state index in [2.05, 4.69) is 15.3 Å². The Balaban J connectivity index is 1.91. The molecule has 1 aliphatic heterocycles. The van der Waals surface area contributed by atoms with Crippen molar-refractivity contribution in [1.82, 2.24) is 15.3 Å². The van der Waals surface area contributed by atoms with E-state index in [0.29, 0.717) is 5.92 Å². The Bertz CT molecular complexity index is 430. The van der Waals surface area contributed by atoms with Gasteiger partial charge in [-0.2, -0.15) is 0 Å². The van der Waals surface area contributed by atoms with Crippen molar-refractivity contribution in [2.75, 3.05) is 6.54 Å². The summed E-state index contributed by atoms with van der Waals surface area (Å²) in [5.74, 6) is 1.37. The monoisotopic (exact) mass is 219 g/mol. The van der Waals surface area contributed by atoms with E-state index in [1.165, 1.54) is 25.7 Å². The van der Waals surface area contributed by atoms with Gasteiger partial charge in [0, 0.05) is 12.0 Å². The second kappa shape index (κ2) is 4.01. The Morgan fingerprint density at radius 3 is 2.75 bits per heavy atom. The van der Waals surface area contributed by atoms with Gasteiger partial charge in [0.25, 0.3) is 5.56 Å². The van der Waals surface area contributed by atoms with Crippen LogP contribution in [0, 0.1) is 0 Å². The minimum atomic E-state index is 0.000556. The molecular weight excluding hydrogens is 202 g/mol. The highest BCUT2D eigenvalue weighted by atomic mass is 16.1. The number of hydrogen-bond donors (Lipinski definition) is 2. The molecule has 2 heterocycles. The third-order valence-corrected chi connectivity index (χ3v) is 3.69. The van der Waals surface area contributed by atoms with Gasteiger partial charge in [0.15, 0.2) is 0 Å².